The van der Waals surface area contributed by atoms with Gasteiger partial charge < -0.3 is 10.2 Å². The lowest BCUT2D eigenvalue weighted by molar-refractivity contribution is 0.191. The monoisotopic (exact) mass is 304 g/mol. The van der Waals surface area contributed by atoms with Crippen molar-refractivity contribution in [2.45, 2.75) is 26.2 Å². The zero-order valence-corrected chi connectivity index (χ0v) is 13.3. The van der Waals surface area contributed by atoms with Gasteiger partial charge in [-0.05, 0) is 44.8 Å². The summed E-state index contributed by atoms with van der Waals surface area (Å²) in [5.41, 5.74) is 0. The third-order valence-corrected chi connectivity index (χ3v) is 5.84. The second kappa shape index (κ2) is 7.70. The fourth-order valence-electron chi connectivity index (χ4n) is 2.77. The van der Waals surface area contributed by atoms with E-state index < -0.39 is 10.2 Å². The minimum atomic E-state index is -3.27. The van der Waals surface area contributed by atoms with Gasteiger partial charge in [-0.25, -0.2) is 4.72 Å². The highest BCUT2D eigenvalue weighted by Gasteiger charge is 2.23. The number of nitrogens with one attached hydrogen (secondary N) is 2. The Labute approximate surface area is 123 Å². The summed E-state index contributed by atoms with van der Waals surface area (Å²) in [5.74, 6) is 0.845. The molecule has 0 spiro atoms. The van der Waals surface area contributed by atoms with Crippen LogP contribution in [0.2, 0.25) is 0 Å². The van der Waals surface area contributed by atoms with Gasteiger partial charge in [0.05, 0.1) is 0 Å². The Hall–Kier alpha value is -0.210. The van der Waals surface area contributed by atoms with E-state index in [4.69, 9.17) is 0 Å². The molecular weight excluding hydrogens is 276 g/mol. The molecule has 0 bridgehead atoms. The summed E-state index contributed by atoms with van der Waals surface area (Å²) in [5, 5.41) is 3.16. The smallest absolute Gasteiger partial charge is 0.279 e. The van der Waals surface area contributed by atoms with E-state index in [-0.39, 0.29) is 0 Å². The summed E-state index contributed by atoms with van der Waals surface area (Å²) < 4.78 is 28.4. The molecular formula is C13H28N4O2S. The van der Waals surface area contributed by atoms with Crippen molar-refractivity contribution in [2.75, 3.05) is 52.4 Å². The van der Waals surface area contributed by atoms with Crippen LogP contribution in [-0.4, -0.2) is 70.0 Å². The molecule has 2 rings (SSSR count). The highest BCUT2D eigenvalue weighted by Crippen LogP contribution is 2.15. The Balaban J connectivity index is 1.62. The first-order valence-corrected chi connectivity index (χ1v) is 9.20. The van der Waals surface area contributed by atoms with Gasteiger partial charge >= 0.3 is 0 Å². The average molecular weight is 304 g/mol. The van der Waals surface area contributed by atoms with Crippen LogP contribution in [0.15, 0.2) is 0 Å². The lowest BCUT2D eigenvalue weighted by Gasteiger charge is -2.30. The van der Waals surface area contributed by atoms with Crippen LogP contribution in [0.25, 0.3) is 0 Å². The van der Waals surface area contributed by atoms with E-state index in [1.807, 2.05) is 0 Å². The van der Waals surface area contributed by atoms with E-state index in [0.717, 1.165) is 45.1 Å². The summed E-state index contributed by atoms with van der Waals surface area (Å²) in [7, 11) is -3.27. The van der Waals surface area contributed by atoms with Gasteiger partial charge in [-0.15, -0.1) is 0 Å². The number of nitrogens with zero attached hydrogens (tertiary/aromatic N) is 2. The molecule has 0 aromatic carbocycles. The number of hydrogen-bond donors (Lipinski definition) is 2. The Morgan fingerprint density at radius 3 is 2.45 bits per heavy atom. The van der Waals surface area contributed by atoms with Crippen LogP contribution in [0.3, 0.4) is 0 Å². The fraction of sp³-hybridized carbons (Fsp3) is 1.00. The van der Waals surface area contributed by atoms with Crippen LogP contribution >= 0.6 is 0 Å². The van der Waals surface area contributed by atoms with Crippen LogP contribution in [0, 0.1) is 5.92 Å². The fourth-order valence-corrected chi connectivity index (χ4v) is 4.01. The quantitative estimate of drug-likeness (QED) is 0.670. The Morgan fingerprint density at radius 1 is 1.15 bits per heavy atom. The van der Waals surface area contributed by atoms with Crippen LogP contribution in [0.5, 0.6) is 0 Å². The highest BCUT2D eigenvalue weighted by atomic mass is 32.2. The third kappa shape index (κ3) is 4.96. The molecule has 6 nitrogen and oxygen atoms in total. The van der Waals surface area contributed by atoms with Gasteiger partial charge in [-0.3, -0.25) is 0 Å². The molecule has 118 valence electrons. The first kappa shape index (κ1) is 16.2. The van der Waals surface area contributed by atoms with Crippen molar-refractivity contribution in [1.29, 1.82) is 0 Å². The normalized spacial score (nSPS) is 24.1. The Bertz CT molecular complexity index is 374. The van der Waals surface area contributed by atoms with Crippen LogP contribution in [-0.2, 0) is 10.2 Å². The van der Waals surface area contributed by atoms with Crippen molar-refractivity contribution in [3.8, 4) is 0 Å². The first-order chi connectivity index (χ1) is 9.58. The zero-order chi connectivity index (χ0) is 14.4. The van der Waals surface area contributed by atoms with Gasteiger partial charge in [-0.1, -0.05) is 6.92 Å². The molecule has 2 fully saturated rings. The summed E-state index contributed by atoms with van der Waals surface area (Å²) in [4.78, 5) is 2.44. The Kier molecular flexibility index (Phi) is 6.22. The molecule has 0 aromatic rings. The van der Waals surface area contributed by atoms with Crippen LogP contribution in [0.4, 0.5) is 0 Å². The summed E-state index contributed by atoms with van der Waals surface area (Å²) in [6.45, 7) is 8.78. The number of piperidine rings is 1. The second-order valence-electron chi connectivity index (χ2n) is 5.93. The molecule has 2 aliphatic rings. The van der Waals surface area contributed by atoms with Gasteiger partial charge in [0.15, 0.2) is 0 Å². The standard InChI is InChI=1S/C13H28N4O2S/c1-13-3-9-16(10-4-13)8-2-5-15-20(18,19)17-11-6-14-7-12-17/h13-15H,2-12H2,1H3. The van der Waals surface area contributed by atoms with Crippen molar-refractivity contribution in [3.05, 3.63) is 0 Å². The molecule has 2 aliphatic heterocycles. The summed E-state index contributed by atoms with van der Waals surface area (Å²) in [6.07, 6.45) is 3.43. The maximum atomic E-state index is 12.1. The van der Waals surface area contributed by atoms with E-state index in [2.05, 4.69) is 21.9 Å². The van der Waals surface area contributed by atoms with Crippen molar-refractivity contribution < 1.29 is 8.42 Å². The van der Waals surface area contributed by atoms with Gasteiger partial charge in [0, 0.05) is 32.7 Å². The highest BCUT2D eigenvalue weighted by molar-refractivity contribution is 7.87. The maximum Gasteiger partial charge on any atom is 0.279 e. The predicted molar refractivity (Wildman–Crippen MR) is 80.8 cm³/mol. The number of rotatable bonds is 6. The molecule has 0 aromatic heterocycles. The average Bonchev–Trinajstić information content (AvgIpc) is 2.46. The first-order valence-electron chi connectivity index (χ1n) is 7.76. The molecule has 0 aliphatic carbocycles. The van der Waals surface area contributed by atoms with Gasteiger partial charge in [0.2, 0.25) is 0 Å². The van der Waals surface area contributed by atoms with Gasteiger partial charge in [0.25, 0.3) is 10.2 Å². The summed E-state index contributed by atoms with van der Waals surface area (Å²) >= 11 is 0. The van der Waals surface area contributed by atoms with Gasteiger partial charge in [-0.2, -0.15) is 12.7 Å². The van der Waals surface area contributed by atoms with E-state index in [9.17, 15) is 8.42 Å². The predicted octanol–water partition coefficient (Wildman–Crippen LogP) is -0.152. The SMILES string of the molecule is CC1CCN(CCCNS(=O)(=O)N2CCNCC2)CC1. The van der Waals surface area contributed by atoms with Crippen LogP contribution in [0.1, 0.15) is 26.2 Å². The lowest BCUT2D eigenvalue weighted by Crippen LogP contribution is -2.50. The minimum absolute atomic E-state index is 0.540. The molecule has 0 radical (unpaired) electrons. The molecule has 2 saturated heterocycles. The van der Waals surface area contributed by atoms with Crippen LogP contribution < -0.4 is 10.0 Å². The molecule has 0 atom stereocenters. The molecule has 0 unspecified atom stereocenters. The second-order valence-corrected chi connectivity index (χ2v) is 7.68. The summed E-state index contributed by atoms with van der Waals surface area (Å²) in [6, 6.07) is 0. The lowest BCUT2D eigenvalue weighted by atomic mass is 9.99. The molecule has 2 N–H and O–H groups in total. The largest absolute Gasteiger partial charge is 0.314 e. The molecule has 0 amide bonds. The number of hydrogen-bond acceptors (Lipinski definition) is 4. The van der Waals surface area contributed by atoms with Crippen molar-refractivity contribution >= 4 is 10.2 Å². The van der Waals surface area contributed by atoms with Crippen molar-refractivity contribution in [2.24, 2.45) is 5.92 Å². The Morgan fingerprint density at radius 2 is 1.80 bits per heavy atom. The molecule has 20 heavy (non-hydrogen) atoms. The van der Waals surface area contributed by atoms with Gasteiger partial charge in [0.1, 0.15) is 0 Å². The van der Waals surface area contributed by atoms with Crippen molar-refractivity contribution in [1.82, 2.24) is 19.2 Å². The zero-order valence-electron chi connectivity index (χ0n) is 12.5. The topological polar surface area (TPSA) is 64.7 Å². The third-order valence-electron chi connectivity index (χ3n) is 4.23. The van der Waals surface area contributed by atoms with Crippen molar-refractivity contribution in [3.63, 3.8) is 0 Å². The van der Waals surface area contributed by atoms with E-state index >= 15 is 0 Å². The minimum Gasteiger partial charge on any atom is -0.314 e. The maximum absolute atomic E-state index is 12.1. The molecule has 0 saturated carbocycles. The number of likely N-dealkylation sites (tertiary alicyclic amines) is 1. The molecule has 7 heteroatoms. The van der Waals surface area contributed by atoms with E-state index in [1.165, 1.54) is 17.1 Å². The molecule has 2 heterocycles. The van der Waals surface area contributed by atoms with E-state index in [0.29, 0.717) is 19.6 Å². The van der Waals surface area contributed by atoms with E-state index in [1.54, 1.807) is 0 Å². The number of piperazine rings is 1.